The summed E-state index contributed by atoms with van der Waals surface area (Å²) in [5.74, 6) is -2.06. The van der Waals surface area contributed by atoms with Crippen molar-refractivity contribution in [2.45, 2.75) is 18.4 Å². The Kier molecular flexibility index (Phi) is 6.71. The van der Waals surface area contributed by atoms with Crippen LogP contribution in [0, 0.1) is 0 Å². The van der Waals surface area contributed by atoms with Gasteiger partial charge in [0.1, 0.15) is 6.61 Å². The molecule has 0 radical (unpaired) electrons. The molecule has 31 heavy (non-hydrogen) atoms. The van der Waals surface area contributed by atoms with Crippen molar-refractivity contribution in [3.05, 3.63) is 71.8 Å². The van der Waals surface area contributed by atoms with Crippen LogP contribution in [-0.4, -0.2) is 53.5 Å². The van der Waals surface area contributed by atoms with Gasteiger partial charge in [0.2, 0.25) is 5.91 Å². The molecular weight excluding hydrogens is 400 g/mol. The molecule has 3 rings (SSSR count). The van der Waals surface area contributed by atoms with Gasteiger partial charge >= 0.3 is 12.1 Å². The Bertz CT molecular complexity index is 969. The molecule has 0 bridgehead atoms. The number of aliphatic carboxylic acids is 1. The summed E-state index contributed by atoms with van der Waals surface area (Å²) in [4.78, 5) is 34.5. The van der Waals surface area contributed by atoms with Gasteiger partial charge in [0.05, 0.1) is 6.54 Å². The number of aliphatic hydroxyl groups is 1. The lowest BCUT2D eigenvalue weighted by molar-refractivity contribution is -0.156. The zero-order valence-electron chi connectivity index (χ0n) is 17.0. The molecule has 2 aromatic carbocycles. The number of fused-ring (bicyclic) bond motifs is 3. The van der Waals surface area contributed by atoms with Crippen LogP contribution < -0.4 is 10.6 Å². The fourth-order valence-electron chi connectivity index (χ4n) is 3.35. The fourth-order valence-corrected chi connectivity index (χ4v) is 3.35. The van der Waals surface area contributed by atoms with E-state index < -0.39 is 30.1 Å². The highest BCUT2D eigenvalue weighted by Gasteiger charge is 2.30. The molecular formula is C23H24N2O6. The minimum Gasteiger partial charge on any atom is -0.479 e. The molecule has 1 aliphatic rings. The number of hydrogen-bond donors (Lipinski definition) is 4. The second-order valence-electron chi connectivity index (χ2n) is 7.41. The van der Waals surface area contributed by atoms with Gasteiger partial charge in [-0.05, 0) is 29.2 Å². The monoisotopic (exact) mass is 424 g/mol. The van der Waals surface area contributed by atoms with Crippen LogP contribution in [0.2, 0.25) is 0 Å². The summed E-state index contributed by atoms with van der Waals surface area (Å²) in [6.45, 7) is 0.886. The van der Waals surface area contributed by atoms with E-state index in [2.05, 4.69) is 22.8 Å². The number of carboxylic acids is 1. The van der Waals surface area contributed by atoms with E-state index in [0.717, 1.165) is 35.3 Å². The molecule has 1 aliphatic carbocycles. The summed E-state index contributed by atoms with van der Waals surface area (Å²) in [7, 11) is 0. The van der Waals surface area contributed by atoms with Crippen molar-refractivity contribution in [3.8, 4) is 11.1 Å². The van der Waals surface area contributed by atoms with E-state index in [0.29, 0.717) is 0 Å². The van der Waals surface area contributed by atoms with Crippen molar-refractivity contribution in [3.63, 3.8) is 0 Å². The highest BCUT2D eigenvalue weighted by molar-refractivity contribution is 5.88. The summed E-state index contributed by atoms with van der Waals surface area (Å²) in [6.07, 6.45) is 1.93. The predicted octanol–water partition coefficient (Wildman–Crippen LogP) is 2.03. The van der Waals surface area contributed by atoms with Crippen LogP contribution in [-0.2, 0) is 14.3 Å². The molecule has 2 aromatic rings. The largest absolute Gasteiger partial charge is 0.479 e. The number of rotatable bonds is 8. The van der Waals surface area contributed by atoms with Gasteiger partial charge in [0.25, 0.3) is 0 Å². The van der Waals surface area contributed by atoms with Crippen LogP contribution in [0.15, 0.2) is 60.7 Å². The Hall–Kier alpha value is -3.65. The third-order valence-corrected chi connectivity index (χ3v) is 5.04. The number of nitrogens with one attached hydrogen (secondary N) is 2. The van der Waals surface area contributed by atoms with Crippen molar-refractivity contribution in [1.82, 2.24) is 10.6 Å². The molecule has 0 aliphatic heterocycles. The molecule has 8 heteroatoms. The normalized spacial score (nSPS) is 14.4. The molecule has 0 saturated heterocycles. The summed E-state index contributed by atoms with van der Waals surface area (Å²) < 4.78 is 5.38. The lowest BCUT2D eigenvalue weighted by atomic mass is 9.98. The number of carbonyl (C=O) groups is 3. The second kappa shape index (κ2) is 9.44. The predicted molar refractivity (Wildman–Crippen MR) is 113 cm³/mol. The molecule has 0 heterocycles. The van der Waals surface area contributed by atoms with Crippen LogP contribution in [0.4, 0.5) is 4.79 Å². The Labute approximate surface area is 179 Å². The Morgan fingerprint density at radius 3 is 2.19 bits per heavy atom. The first kappa shape index (κ1) is 22.0. The van der Waals surface area contributed by atoms with Gasteiger partial charge in [0, 0.05) is 18.5 Å². The molecule has 1 unspecified atom stereocenters. The summed E-state index contributed by atoms with van der Waals surface area (Å²) in [6, 6.07) is 16.1. The van der Waals surface area contributed by atoms with Gasteiger partial charge in [-0.2, -0.15) is 0 Å². The van der Waals surface area contributed by atoms with Crippen molar-refractivity contribution in [1.29, 1.82) is 0 Å². The zero-order chi connectivity index (χ0) is 22.4. The maximum atomic E-state index is 12.0. The first-order valence-corrected chi connectivity index (χ1v) is 9.78. The maximum Gasteiger partial charge on any atom is 0.407 e. The molecule has 1 atom stereocenters. The Morgan fingerprint density at radius 1 is 1.03 bits per heavy atom. The molecule has 0 fully saturated rings. The van der Waals surface area contributed by atoms with E-state index in [1.165, 1.54) is 6.08 Å². The minimum atomic E-state index is -2.05. The van der Waals surface area contributed by atoms with Crippen molar-refractivity contribution in [2.75, 3.05) is 19.7 Å². The van der Waals surface area contributed by atoms with Gasteiger partial charge in [-0.3, -0.25) is 4.79 Å². The second-order valence-corrected chi connectivity index (χ2v) is 7.41. The first-order chi connectivity index (χ1) is 14.8. The molecule has 2 amide bonds. The number of carbonyl (C=O) groups excluding carboxylic acids is 2. The Morgan fingerprint density at radius 2 is 1.61 bits per heavy atom. The third-order valence-electron chi connectivity index (χ3n) is 5.04. The maximum absolute atomic E-state index is 12.0. The molecule has 4 N–H and O–H groups in total. The third kappa shape index (κ3) is 5.29. The van der Waals surface area contributed by atoms with E-state index in [-0.39, 0.29) is 19.1 Å². The zero-order valence-corrected chi connectivity index (χ0v) is 17.0. The van der Waals surface area contributed by atoms with Gasteiger partial charge in [-0.15, -0.1) is 0 Å². The van der Waals surface area contributed by atoms with E-state index in [1.807, 2.05) is 36.4 Å². The van der Waals surface area contributed by atoms with E-state index in [1.54, 1.807) is 0 Å². The highest BCUT2D eigenvalue weighted by atomic mass is 16.5. The van der Waals surface area contributed by atoms with Gasteiger partial charge in [0.15, 0.2) is 5.60 Å². The SMILES string of the molecule is CC(O)(CNC(=O)/C=C/CNC(=O)OCC1c2ccccc2-c2ccccc21)C(=O)O. The van der Waals surface area contributed by atoms with E-state index in [9.17, 15) is 19.5 Å². The number of carboxylic acid groups (broad SMARTS) is 1. The van der Waals surface area contributed by atoms with Crippen LogP contribution >= 0.6 is 0 Å². The smallest absolute Gasteiger partial charge is 0.407 e. The molecule has 0 spiro atoms. The molecule has 8 nitrogen and oxygen atoms in total. The fraction of sp³-hybridized carbons (Fsp3) is 0.261. The number of alkyl carbamates (subject to hydrolysis) is 1. The molecule has 0 aromatic heterocycles. The minimum absolute atomic E-state index is 0.0403. The highest BCUT2D eigenvalue weighted by Crippen LogP contribution is 2.44. The van der Waals surface area contributed by atoms with E-state index in [4.69, 9.17) is 9.84 Å². The van der Waals surface area contributed by atoms with Crippen LogP contribution in [0.5, 0.6) is 0 Å². The number of amides is 2. The van der Waals surface area contributed by atoms with Crippen LogP contribution in [0.3, 0.4) is 0 Å². The van der Waals surface area contributed by atoms with Crippen LogP contribution in [0.25, 0.3) is 11.1 Å². The van der Waals surface area contributed by atoms with Gasteiger partial charge in [-0.1, -0.05) is 54.6 Å². The Balaban J connectivity index is 1.46. The number of hydrogen-bond acceptors (Lipinski definition) is 5. The van der Waals surface area contributed by atoms with Crippen LogP contribution in [0.1, 0.15) is 24.0 Å². The topological polar surface area (TPSA) is 125 Å². The van der Waals surface area contributed by atoms with Crippen molar-refractivity contribution < 1.29 is 29.3 Å². The lowest BCUT2D eigenvalue weighted by Gasteiger charge is -2.17. The summed E-state index contributed by atoms with van der Waals surface area (Å²) in [5, 5.41) is 23.1. The molecule has 162 valence electrons. The molecule has 0 saturated carbocycles. The number of ether oxygens (including phenoxy) is 1. The van der Waals surface area contributed by atoms with Gasteiger partial charge < -0.3 is 25.6 Å². The average Bonchev–Trinajstić information content (AvgIpc) is 3.07. The quantitative estimate of drug-likeness (QED) is 0.481. The van der Waals surface area contributed by atoms with Crippen molar-refractivity contribution in [2.24, 2.45) is 0 Å². The average molecular weight is 424 g/mol. The lowest BCUT2D eigenvalue weighted by Crippen LogP contribution is -2.46. The van der Waals surface area contributed by atoms with Gasteiger partial charge in [-0.25, -0.2) is 9.59 Å². The first-order valence-electron chi connectivity index (χ1n) is 9.78. The van der Waals surface area contributed by atoms with Crippen molar-refractivity contribution >= 4 is 18.0 Å². The number of benzene rings is 2. The summed E-state index contributed by atoms with van der Waals surface area (Å²) >= 11 is 0. The summed E-state index contributed by atoms with van der Waals surface area (Å²) in [5.41, 5.74) is 2.46. The van der Waals surface area contributed by atoms with E-state index >= 15 is 0 Å². The standard InChI is InChI=1S/C23H24N2O6/c1-23(30,21(27)28)14-25-20(26)11-6-12-24-22(29)31-13-19-17-9-4-2-7-15(17)16-8-3-5-10-18(16)19/h2-11,19,30H,12-14H2,1H3,(H,24,29)(H,25,26)(H,27,28)/b11-6+.